The van der Waals surface area contributed by atoms with Crippen molar-refractivity contribution in [3.8, 4) is 0 Å². The molecule has 0 aromatic heterocycles. The lowest BCUT2D eigenvalue weighted by Gasteiger charge is -2.38. The average Bonchev–Trinajstić information content (AvgIpc) is 2.48. The summed E-state index contributed by atoms with van der Waals surface area (Å²) in [7, 11) is 0. The van der Waals surface area contributed by atoms with E-state index in [0.29, 0.717) is 0 Å². The number of aliphatic carboxylic acids is 2. The van der Waals surface area contributed by atoms with Gasteiger partial charge in [0.05, 0.1) is 5.97 Å². The van der Waals surface area contributed by atoms with Crippen LogP contribution in [0.1, 0.15) is 39.5 Å². The van der Waals surface area contributed by atoms with Gasteiger partial charge in [0.25, 0.3) is 0 Å². The van der Waals surface area contributed by atoms with E-state index in [1.54, 1.807) is 0 Å². The SMILES string of the molecule is CCCC(CCC)C(=O)[O-].O=C([O-])[C@H]1OC(O)[C@H](O)[C@@H](O)[C@@H]1O. The summed E-state index contributed by atoms with van der Waals surface area (Å²) in [4.78, 5) is 20.6. The van der Waals surface area contributed by atoms with Crippen LogP contribution < -0.4 is 10.2 Å². The highest BCUT2D eigenvalue weighted by Gasteiger charge is 2.43. The van der Waals surface area contributed by atoms with Crippen molar-refractivity contribution in [2.45, 2.75) is 70.2 Å². The lowest BCUT2D eigenvalue weighted by Crippen LogP contribution is -2.62. The molecule has 1 fully saturated rings. The van der Waals surface area contributed by atoms with Crippen LogP contribution in [0.4, 0.5) is 0 Å². The van der Waals surface area contributed by atoms with E-state index in [9.17, 15) is 19.8 Å². The predicted octanol–water partition coefficient (Wildman–Crippen LogP) is -3.51. The Morgan fingerprint density at radius 3 is 1.78 bits per heavy atom. The van der Waals surface area contributed by atoms with Crippen molar-refractivity contribution in [3.63, 3.8) is 0 Å². The smallest absolute Gasteiger partial charge is 0.184 e. The highest BCUT2D eigenvalue weighted by molar-refractivity contribution is 5.71. The van der Waals surface area contributed by atoms with E-state index in [1.807, 2.05) is 13.8 Å². The molecule has 0 saturated carbocycles. The van der Waals surface area contributed by atoms with Crippen molar-refractivity contribution >= 4 is 11.9 Å². The molecule has 0 aliphatic carbocycles. The third-order valence-corrected chi connectivity index (χ3v) is 3.43. The molecule has 136 valence electrons. The summed E-state index contributed by atoms with van der Waals surface area (Å²) < 4.78 is 4.28. The van der Waals surface area contributed by atoms with E-state index in [0.717, 1.165) is 25.7 Å². The van der Waals surface area contributed by atoms with Gasteiger partial charge >= 0.3 is 0 Å². The van der Waals surface area contributed by atoms with Gasteiger partial charge in [0.2, 0.25) is 0 Å². The minimum atomic E-state index is -1.85. The van der Waals surface area contributed by atoms with Crippen LogP contribution in [0.3, 0.4) is 0 Å². The van der Waals surface area contributed by atoms with Crippen LogP contribution in [0.2, 0.25) is 0 Å². The summed E-state index contributed by atoms with van der Waals surface area (Å²) in [6.07, 6.45) is -5.63. The monoisotopic (exact) mass is 336 g/mol. The van der Waals surface area contributed by atoms with Crippen molar-refractivity contribution in [1.82, 2.24) is 0 Å². The number of ether oxygens (including phenoxy) is 1. The van der Waals surface area contributed by atoms with Crippen molar-refractivity contribution in [2.75, 3.05) is 0 Å². The van der Waals surface area contributed by atoms with Gasteiger partial charge in [0.15, 0.2) is 6.29 Å². The van der Waals surface area contributed by atoms with E-state index < -0.39 is 42.6 Å². The Labute approximate surface area is 134 Å². The Morgan fingerprint density at radius 2 is 1.43 bits per heavy atom. The zero-order valence-electron chi connectivity index (χ0n) is 13.1. The molecule has 1 aliphatic rings. The molecule has 0 bridgehead atoms. The summed E-state index contributed by atoms with van der Waals surface area (Å²) in [5, 5.41) is 56.4. The average molecular weight is 336 g/mol. The van der Waals surface area contributed by atoms with Gasteiger partial charge in [0, 0.05) is 5.97 Å². The summed E-state index contributed by atoms with van der Waals surface area (Å²) in [6, 6.07) is 0. The largest absolute Gasteiger partial charge is 0.550 e. The number of hydrogen-bond donors (Lipinski definition) is 4. The molecule has 1 rings (SSSR count). The van der Waals surface area contributed by atoms with E-state index in [2.05, 4.69) is 4.74 Å². The van der Waals surface area contributed by atoms with Crippen molar-refractivity contribution in [3.05, 3.63) is 0 Å². The summed E-state index contributed by atoms with van der Waals surface area (Å²) in [6.45, 7) is 3.98. The van der Waals surface area contributed by atoms with Crippen LogP contribution in [-0.2, 0) is 14.3 Å². The van der Waals surface area contributed by atoms with Crippen LogP contribution in [0.15, 0.2) is 0 Å². The molecular formula is C14H24O9-2. The third-order valence-electron chi connectivity index (χ3n) is 3.43. The molecule has 0 amide bonds. The van der Waals surface area contributed by atoms with E-state index >= 15 is 0 Å². The molecule has 1 unspecified atom stereocenters. The van der Waals surface area contributed by atoms with E-state index in [1.165, 1.54) is 0 Å². The molecule has 5 atom stereocenters. The number of carbonyl (C=O) groups is 2. The summed E-state index contributed by atoms with van der Waals surface area (Å²) >= 11 is 0. The maximum atomic E-state index is 10.4. The Kier molecular flexibility index (Phi) is 9.93. The van der Waals surface area contributed by atoms with Crippen LogP contribution in [0.5, 0.6) is 0 Å². The van der Waals surface area contributed by atoms with Crippen LogP contribution in [-0.4, -0.2) is 63.1 Å². The minimum absolute atomic E-state index is 0.213. The minimum Gasteiger partial charge on any atom is -0.550 e. The van der Waals surface area contributed by atoms with Crippen molar-refractivity contribution < 1.29 is 45.0 Å². The van der Waals surface area contributed by atoms with Gasteiger partial charge in [-0.3, -0.25) is 0 Å². The highest BCUT2D eigenvalue weighted by Crippen LogP contribution is 2.19. The Hall–Kier alpha value is -1.26. The van der Waals surface area contributed by atoms with Gasteiger partial charge in [-0.1, -0.05) is 26.7 Å². The first-order valence-electron chi connectivity index (χ1n) is 7.46. The molecule has 23 heavy (non-hydrogen) atoms. The molecule has 9 heteroatoms. The fraction of sp³-hybridized carbons (Fsp3) is 0.857. The first kappa shape index (κ1) is 21.7. The molecule has 4 N–H and O–H groups in total. The quantitative estimate of drug-likeness (QED) is 0.384. The lowest BCUT2D eigenvalue weighted by atomic mass is 9.99. The molecular weight excluding hydrogens is 312 g/mol. The summed E-state index contributed by atoms with van der Waals surface area (Å²) in [5.41, 5.74) is 0. The fourth-order valence-corrected chi connectivity index (χ4v) is 2.13. The summed E-state index contributed by atoms with van der Waals surface area (Å²) in [5.74, 6) is -2.86. The zero-order valence-corrected chi connectivity index (χ0v) is 13.1. The molecule has 1 saturated heterocycles. The number of aliphatic hydroxyl groups is 4. The standard InChI is InChI=1S/C8H16O2.C6H10O7/c1-3-5-7(6-4-2)8(9)10;7-1-2(8)4(5(10)11)13-6(12)3(1)9/h7H,3-6H2,1-2H3,(H,9,10);1-4,6-9,12H,(H,10,11)/p-2/t;1-,2-,3+,4-,6?/m.0/s1. The van der Waals surface area contributed by atoms with Gasteiger partial charge in [-0.25, -0.2) is 0 Å². The Morgan fingerprint density at radius 1 is 0.957 bits per heavy atom. The number of carbonyl (C=O) groups excluding carboxylic acids is 2. The van der Waals surface area contributed by atoms with Crippen molar-refractivity contribution in [2.24, 2.45) is 5.92 Å². The maximum absolute atomic E-state index is 10.4. The number of carboxylic acid groups (broad SMARTS) is 2. The Bertz CT molecular complexity index is 367. The van der Waals surface area contributed by atoms with Crippen molar-refractivity contribution in [1.29, 1.82) is 0 Å². The van der Waals surface area contributed by atoms with Gasteiger partial charge in [-0.2, -0.15) is 0 Å². The second kappa shape index (κ2) is 10.5. The van der Waals surface area contributed by atoms with Gasteiger partial charge in [-0.05, 0) is 18.8 Å². The van der Waals surface area contributed by atoms with Gasteiger partial charge in [0.1, 0.15) is 24.4 Å². The number of aliphatic hydroxyl groups excluding tert-OH is 4. The van der Waals surface area contributed by atoms with Gasteiger partial charge in [-0.15, -0.1) is 0 Å². The second-order valence-electron chi connectivity index (χ2n) is 5.33. The molecule has 1 heterocycles. The molecule has 0 radical (unpaired) electrons. The second-order valence-corrected chi connectivity index (χ2v) is 5.33. The Balaban J connectivity index is 0.000000438. The molecule has 0 spiro atoms. The predicted molar refractivity (Wildman–Crippen MR) is 72.2 cm³/mol. The van der Waals surface area contributed by atoms with Crippen LogP contribution in [0.25, 0.3) is 0 Å². The molecule has 0 aromatic rings. The highest BCUT2D eigenvalue weighted by atomic mass is 16.6. The first-order valence-corrected chi connectivity index (χ1v) is 7.46. The zero-order chi connectivity index (χ0) is 18.2. The number of carboxylic acids is 2. The van der Waals surface area contributed by atoms with Crippen LogP contribution in [0, 0.1) is 5.92 Å². The number of rotatable bonds is 6. The number of hydrogen-bond acceptors (Lipinski definition) is 9. The molecule has 1 aliphatic heterocycles. The van der Waals surface area contributed by atoms with E-state index in [-0.39, 0.29) is 5.92 Å². The fourth-order valence-electron chi connectivity index (χ4n) is 2.13. The topological polar surface area (TPSA) is 170 Å². The van der Waals surface area contributed by atoms with Gasteiger partial charge < -0.3 is 45.0 Å². The maximum Gasteiger partial charge on any atom is 0.184 e. The lowest BCUT2D eigenvalue weighted by molar-refractivity contribution is -0.345. The molecule has 0 aromatic carbocycles. The van der Waals surface area contributed by atoms with Crippen LogP contribution >= 0.6 is 0 Å². The third kappa shape index (κ3) is 6.80. The normalized spacial score (nSPS) is 30.5. The molecule has 9 nitrogen and oxygen atoms in total. The first-order chi connectivity index (χ1) is 10.7. The van der Waals surface area contributed by atoms with E-state index in [4.69, 9.17) is 20.4 Å².